The normalized spacial score (nSPS) is 22.6. The molecule has 80 valence electrons. The van der Waals surface area contributed by atoms with Gasteiger partial charge < -0.3 is 15.2 Å². The Balaban J connectivity index is 2.29. The third-order valence-corrected chi connectivity index (χ3v) is 2.17. The minimum Gasteiger partial charge on any atom is -0.463 e. The molecule has 0 saturated carbocycles. The largest absolute Gasteiger partial charge is 0.463 e. The number of nitrogens with two attached hydrogens (primary N) is 1. The monoisotopic (exact) mass is 198 g/mol. The summed E-state index contributed by atoms with van der Waals surface area (Å²) in [5.41, 5.74) is 5.41. The SMILES string of the molecule is C=CCOC(CC)CC1COC(N)=N1. The lowest BCUT2D eigenvalue weighted by atomic mass is 10.1. The van der Waals surface area contributed by atoms with Gasteiger partial charge in [-0.05, 0) is 12.8 Å². The Kier molecular flexibility index (Phi) is 4.46. The van der Waals surface area contributed by atoms with Gasteiger partial charge in [0.15, 0.2) is 0 Å². The predicted molar refractivity (Wildman–Crippen MR) is 56.2 cm³/mol. The maximum Gasteiger partial charge on any atom is 0.282 e. The van der Waals surface area contributed by atoms with E-state index in [-0.39, 0.29) is 12.1 Å². The van der Waals surface area contributed by atoms with Crippen molar-refractivity contribution in [2.45, 2.75) is 31.9 Å². The summed E-state index contributed by atoms with van der Waals surface area (Å²) in [5.74, 6) is 0. The van der Waals surface area contributed by atoms with Crippen molar-refractivity contribution in [2.24, 2.45) is 10.7 Å². The van der Waals surface area contributed by atoms with Crippen LogP contribution in [0.1, 0.15) is 19.8 Å². The van der Waals surface area contributed by atoms with Crippen molar-refractivity contribution >= 4 is 6.02 Å². The highest BCUT2D eigenvalue weighted by atomic mass is 16.5. The Morgan fingerprint density at radius 2 is 2.64 bits per heavy atom. The summed E-state index contributed by atoms with van der Waals surface area (Å²) in [6.45, 7) is 6.88. The van der Waals surface area contributed by atoms with Crippen LogP contribution in [0.2, 0.25) is 0 Å². The molecule has 0 spiro atoms. The Hall–Kier alpha value is -1.03. The van der Waals surface area contributed by atoms with Gasteiger partial charge in [0.05, 0.1) is 18.8 Å². The van der Waals surface area contributed by atoms with E-state index in [1.807, 2.05) is 0 Å². The molecule has 1 heterocycles. The number of amidine groups is 1. The van der Waals surface area contributed by atoms with Gasteiger partial charge in [0.2, 0.25) is 0 Å². The second-order valence-electron chi connectivity index (χ2n) is 3.32. The van der Waals surface area contributed by atoms with Crippen LogP contribution in [0, 0.1) is 0 Å². The van der Waals surface area contributed by atoms with Gasteiger partial charge in [-0.3, -0.25) is 0 Å². The van der Waals surface area contributed by atoms with Crippen LogP contribution < -0.4 is 5.73 Å². The number of hydrogen-bond donors (Lipinski definition) is 1. The molecule has 0 aromatic heterocycles. The van der Waals surface area contributed by atoms with Gasteiger partial charge in [-0.25, -0.2) is 4.99 Å². The zero-order valence-electron chi connectivity index (χ0n) is 8.61. The van der Waals surface area contributed by atoms with Crippen molar-refractivity contribution in [3.8, 4) is 0 Å². The van der Waals surface area contributed by atoms with Crippen LogP contribution >= 0.6 is 0 Å². The summed E-state index contributed by atoms with van der Waals surface area (Å²) < 4.78 is 10.6. The zero-order chi connectivity index (χ0) is 10.4. The van der Waals surface area contributed by atoms with Crippen LogP contribution in [-0.2, 0) is 9.47 Å². The fraction of sp³-hybridized carbons (Fsp3) is 0.700. The predicted octanol–water partition coefficient (Wildman–Crippen LogP) is 1.07. The molecule has 0 aromatic carbocycles. The van der Waals surface area contributed by atoms with Crippen molar-refractivity contribution in [3.63, 3.8) is 0 Å². The second-order valence-corrected chi connectivity index (χ2v) is 3.32. The number of nitrogens with zero attached hydrogens (tertiary/aromatic N) is 1. The molecule has 0 saturated heterocycles. The van der Waals surface area contributed by atoms with E-state index in [2.05, 4.69) is 18.5 Å². The summed E-state index contributed by atoms with van der Waals surface area (Å²) in [6, 6.07) is 0.457. The van der Waals surface area contributed by atoms with Gasteiger partial charge in [0.25, 0.3) is 6.02 Å². The van der Waals surface area contributed by atoms with Crippen LogP contribution in [0.15, 0.2) is 17.6 Å². The molecule has 2 N–H and O–H groups in total. The van der Waals surface area contributed by atoms with Crippen LogP contribution in [0.3, 0.4) is 0 Å². The molecule has 4 heteroatoms. The Morgan fingerprint density at radius 1 is 1.86 bits per heavy atom. The van der Waals surface area contributed by atoms with Crippen LogP contribution in [0.5, 0.6) is 0 Å². The molecule has 0 aromatic rings. The average Bonchev–Trinajstić information content (AvgIpc) is 2.58. The van der Waals surface area contributed by atoms with Gasteiger partial charge in [-0.2, -0.15) is 0 Å². The fourth-order valence-electron chi connectivity index (χ4n) is 1.42. The summed E-state index contributed by atoms with van der Waals surface area (Å²) in [4.78, 5) is 4.15. The van der Waals surface area contributed by atoms with Crippen molar-refractivity contribution < 1.29 is 9.47 Å². The maximum absolute atomic E-state index is 5.55. The van der Waals surface area contributed by atoms with Gasteiger partial charge in [0, 0.05) is 0 Å². The second kappa shape index (κ2) is 5.65. The van der Waals surface area contributed by atoms with E-state index in [0.29, 0.717) is 19.2 Å². The fourth-order valence-corrected chi connectivity index (χ4v) is 1.42. The van der Waals surface area contributed by atoms with Crippen molar-refractivity contribution in [1.29, 1.82) is 0 Å². The van der Waals surface area contributed by atoms with Crippen molar-refractivity contribution in [1.82, 2.24) is 0 Å². The van der Waals surface area contributed by atoms with E-state index in [9.17, 15) is 0 Å². The van der Waals surface area contributed by atoms with E-state index in [1.165, 1.54) is 0 Å². The highest BCUT2D eigenvalue weighted by Gasteiger charge is 2.20. The number of ether oxygens (including phenoxy) is 2. The van der Waals surface area contributed by atoms with E-state index < -0.39 is 0 Å². The minimum atomic E-state index is 0.157. The topological polar surface area (TPSA) is 56.8 Å². The Bertz CT molecular complexity index is 216. The number of hydrogen-bond acceptors (Lipinski definition) is 4. The smallest absolute Gasteiger partial charge is 0.282 e. The van der Waals surface area contributed by atoms with Crippen molar-refractivity contribution in [3.05, 3.63) is 12.7 Å². The lowest BCUT2D eigenvalue weighted by Crippen LogP contribution is -2.20. The van der Waals surface area contributed by atoms with Gasteiger partial charge in [-0.15, -0.1) is 6.58 Å². The molecule has 1 aliphatic heterocycles. The minimum absolute atomic E-state index is 0.157. The van der Waals surface area contributed by atoms with Crippen LogP contribution in [-0.4, -0.2) is 31.4 Å². The molecule has 0 aliphatic carbocycles. The van der Waals surface area contributed by atoms with E-state index >= 15 is 0 Å². The summed E-state index contributed by atoms with van der Waals surface area (Å²) in [7, 11) is 0. The molecule has 0 bridgehead atoms. The van der Waals surface area contributed by atoms with Gasteiger partial charge >= 0.3 is 0 Å². The number of rotatable bonds is 6. The van der Waals surface area contributed by atoms with E-state index in [0.717, 1.165) is 12.8 Å². The average molecular weight is 198 g/mol. The molecular formula is C10H18N2O2. The van der Waals surface area contributed by atoms with Crippen LogP contribution in [0.25, 0.3) is 0 Å². The third kappa shape index (κ3) is 3.38. The first kappa shape index (κ1) is 11.0. The summed E-state index contributed by atoms with van der Waals surface area (Å²) >= 11 is 0. The molecule has 1 rings (SSSR count). The molecule has 14 heavy (non-hydrogen) atoms. The first-order valence-electron chi connectivity index (χ1n) is 4.94. The first-order chi connectivity index (χ1) is 6.76. The standard InChI is InChI=1S/C10H18N2O2/c1-3-5-13-9(4-2)6-8-7-14-10(11)12-8/h3,8-9H,1,4-7H2,2H3,(H2,11,12). The highest BCUT2D eigenvalue weighted by molar-refractivity contribution is 5.72. The molecular weight excluding hydrogens is 180 g/mol. The molecule has 0 amide bonds. The first-order valence-corrected chi connectivity index (χ1v) is 4.94. The lowest BCUT2D eigenvalue weighted by molar-refractivity contribution is 0.0580. The number of aliphatic imine (C=N–C) groups is 1. The summed E-state index contributed by atoms with van der Waals surface area (Å²) in [6.07, 6.45) is 3.81. The quantitative estimate of drug-likeness (QED) is 0.649. The summed E-state index contributed by atoms with van der Waals surface area (Å²) in [5, 5.41) is 0. The third-order valence-electron chi connectivity index (χ3n) is 2.17. The zero-order valence-corrected chi connectivity index (χ0v) is 8.61. The Morgan fingerprint density at radius 3 is 3.14 bits per heavy atom. The molecule has 0 fully saturated rings. The van der Waals surface area contributed by atoms with E-state index in [1.54, 1.807) is 6.08 Å². The molecule has 2 unspecified atom stereocenters. The Labute approximate surface area is 84.8 Å². The highest BCUT2D eigenvalue weighted by Crippen LogP contribution is 2.13. The lowest BCUT2D eigenvalue weighted by Gasteiger charge is -2.16. The van der Waals surface area contributed by atoms with Gasteiger partial charge in [0.1, 0.15) is 6.61 Å². The molecule has 1 aliphatic rings. The van der Waals surface area contributed by atoms with Gasteiger partial charge in [-0.1, -0.05) is 13.0 Å². The van der Waals surface area contributed by atoms with Crippen LogP contribution in [0.4, 0.5) is 0 Å². The molecule has 4 nitrogen and oxygen atoms in total. The maximum atomic E-state index is 5.55. The van der Waals surface area contributed by atoms with Crippen molar-refractivity contribution in [2.75, 3.05) is 13.2 Å². The molecule has 0 radical (unpaired) electrons. The molecule has 2 atom stereocenters. The van der Waals surface area contributed by atoms with E-state index in [4.69, 9.17) is 15.2 Å².